The number of halogens is 1. The predicted molar refractivity (Wildman–Crippen MR) is 82.5 cm³/mol. The number of benzene rings is 1. The van der Waals surface area contributed by atoms with Crippen LogP contribution in [0, 0.1) is 0 Å². The van der Waals surface area contributed by atoms with Crippen LogP contribution >= 0.6 is 15.9 Å². The van der Waals surface area contributed by atoms with Crippen LogP contribution in [0.5, 0.6) is 11.5 Å². The van der Waals surface area contributed by atoms with Gasteiger partial charge < -0.3 is 20.5 Å². The van der Waals surface area contributed by atoms with E-state index in [1.807, 2.05) is 13.8 Å². The molecule has 0 spiro atoms. The first-order valence-corrected chi connectivity index (χ1v) is 7.34. The van der Waals surface area contributed by atoms with Crippen LogP contribution in [0.1, 0.15) is 30.6 Å². The fraction of sp³-hybridized carbons (Fsp3) is 0.500. The Bertz CT molecular complexity index is 466. The Kier molecular flexibility index (Phi) is 6.81. The summed E-state index contributed by atoms with van der Waals surface area (Å²) in [6.45, 7) is 4.85. The number of methoxy groups -OCH3 is 1. The molecule has 0 saturated carbocycles. The molecule has 0 fully saturated rings. The third kappa shape index (κ3) is 4.38. The minimum atomic E-state index is -0.191. The molecule has 0 aliphatic heterocycles. The highest BCUT2D eigenvalue weighted by Gasteiger charge is 2.16. The molecule has 0 bridgehead atoms. The summed E-state index contributed by atoms with van der Waals surface area (Å²) < 4.78 is 11.6. The molecule has 0 heterocycles. The number of nitrogens with two attached hydrogens (primary N) is 1. The first-order valence-electron chi connectivity index (χ1n) is 6.54. The van der Waals surface area contributed by atoms with Gasteiger partial charge in [-0.1, -0.05) is 6.92 Å². The van der Waals surface area contributed by atoms with Gasteiger partial charge in [-0.05, 0) is 41.4 Å². The summed E-state index contributed by atoms with van der Waals surface area (Å²) in [7, 11) is 1.55. The van der Waals surface area contributed by atoms with Crippen LogP contribution in [0.4, 0.5) is 0 Å². The second-order valence-electron chi connectivity index (χ2n) is 4.45. The number of hydrogen-bond acceptors (Lipinski definition) is 4. The number of carbonyl (C=O) groups is 1. The number of ether oxygens (including phenoxy) is 2. The average molecular weight is 345 g/mol. The largest absolute Gasteiger partial charge is 0.493 e. The summed E-state index contributed by atoms with van der Waals surface area (Å²) in [5, 5.41) is 2.81. The zero-order valence-electron chi connectivity index (χ0n) is 12.0. The van der Waals surface area contributed by atoms with Crippen molar-refractivity contribution < 1.29 is 14.3 Å². The first-order chi connectivity index (χ1) is 9.53. The molecule has 6 heteroatoms. The van der Waals surface area contributed by atoms with Crippen molar-refractivity contribution in [2.24, 2.45) is 5.73 Å². The Morgan fingerprint density at radius 1 is 1.50 bits per heavy atom. The van der Waals surface area contributed by atoms with Gasteiger partial charge >= 0.3 is 0 Å². The standard InChI is InChI=1S/C14H21BrN2O3/c1-4-5-20-13-11(15)6-10(7-12(13)19-3)14(18)17-9(2)8-16/h6-7,9H,4-5,8,16H2,1-3H3,(H,17,18)/t9-/m0/s1. The van der Waals surface area contributed by atoms with Gasteiger partial charge in [-0.3, -0.25) is 4.79 Å². The van der Waals surface area contributed by atoms with E-state index in [2.05, 4.69) is 21.2 Å². The highest BCUT2D eigenvalue weighted by molar-refractivity contribution is 9.10. The summed E-state index contributed by atoms with van der Waals surface area (Å²) in [6.07, 6.45) is 0.895. The predicted octanol–water partition coefficient (Wildman–Crippen LogP) is 2.32. The highest BCUT2D eigenvalue weighted by atomic mass is 79.9. The van der Waals surface area contributed by atoms with Crippen LogP contribution in [-0.4, -0.2) is 32.2 Å². The van der Waals surface area contributed by atoms with Crippen LogP contribution in [0.25, 0.3) is 0 Å². The van der Waals surface area contributed by atoms with E-state index in [0.29, 0.717) is 34.7 Å². The topological polar surface area (TPSA) is 73.6 Å². The minimum Gasteiger partial charge on any atom is -0.493 e. The van der Waals surface area contributed by atoms with E-state index >= 15 is 0 Å². The average Bonchev–Trinajstić information content (AvgIpc) is 2.44. The van der Waals surface area contributed by atoms with E-state index in [9.17, 15) is 4.79 Å². The van der Waals surface area contributed by atoms with Crippen molar-refractivity contribution in [1.82, 2.24) is 5.32 Å². The summed E-state index contributed by atoms with van der Waals surface area (Å²) in [5.41, 5.74) is 5.99. The fourth-order valence-corrected chi connectivity index (χ4v) is 2.12. The van der Waals surface area contributed by atoms with E-state index in [1.165, 1.54) is 0 Å². The maximum absolute atomic E-state index is 12.1. The molecule has 0 aliphatic rings. The lowest BCUT2D eigenvalue weighted by Crippen LogP contribution is -2.37. The van der Waals surface area contributed by atoms with Crippen LogP contribution in [0.3, 0.4) is 0 Å². The fourth-order valence-electron chi connectivity index (χ4n) is 1.56. The molecular weight excluding hydrogens is 324 g/mol. The molecule has 112 valence electrons. The summed E-state index contributed by atoms with van der Waals surface area (Å²) in [6, 6.07) is 3.30. The van der Waals surface area contributed by atoms with Crippen LogP contribution in [-0.2, 0) is 0 Å². The lowest BCUT2D eigenvalue weighted by Gasteiger charge is -2.15. The van der Waals surface area contributed by atoms with E-state index in [-0.39, 0.29) is 11.9 Å². The van der Waals surface area contributed by atoms with Gasteiger partial charge in [0, 0.05) is 18.2 Å². The molecule has 0 unspecified atom stereocenters. The molecule has 1 atom stereocenters. The van der Waals surface area contributed by atoms with Gasteiger partial charge in [0.25, 0.3) is 5.91 Å². The van der Waals surface area contributed by atoms with Crippen molar-refractivity contribution in [3.63, 3.8) is 0 Å². The van der Waals surface area contributed by atoms with E-state index in [1.54, 1.807) is 19.2 Å². The molecule has 3 N–H and O–H groups in total. The second kappa shape index (κ2) is 8.11. The van der Waals surface area contributed by atoms with Gasteiger partial charge in [0.05, 0.1) is 18.2 Å². The maximum atomic E-state index is 12.1. The maximum Gasteiger partial charge on any atom is 0.251 e. The Labute approximate surface area is 127 Å². The van der Waals surface area contributed by atoms with Crippen LogP contribution in [0.2, 0.25) is 0 Å². The molecule has 1 amide bonds. The molecule has 1 aromatic rings. The van der Waals surface area contributed by atoms with Crippen molar-refractivity contribution in [3.05, 3.63) is 22.2 Å². The van der Waals surface area contributed by atoms with Gasteiger partial charge in [-0.25, -0.2) is 0 Å². The van der Waals surface area contributed by atoms with Gasteiger partial charge in [0.1, 0.15) is 0 Å². The zero-order chi connectivity index (χ0) is 15.1. The summed E-state index contributed by atoms with van der Waals surface area (Å²) >= 11 is 3.41. The van der Waals surface area contributed by atoms with Crippen LogP contribution in [0.15, 0.2) is 16.6 Å². The number of amides is 1. The zero-order valence-corrected chi connectivity index (χ0v) is 13.6. The van der Waals surface area contributed by atoms with Gasteiger partial charge in [0.2, 0.25) is 0 Å². The lowest BCUT2D eigenvalue weighted by atomic mass is 10.1. The van der Waals surface area contributed by atoms with Crippen LogP contribution < -0.4 is 20.5 Å². The van der Waals surface area contributed by atoms with Gasteiger partial charge in [-0.2, -0.15) is 0 Å². The van der Waals surface area contributed by atoms with Crippen molar-refractivity contribution >= 4 is 21.8 Å². The molecule has 0 saturated heterocycles. The molecule has 5 nitrogen and oxygen atoms in total. The molecule has 0 aliphatic carbocycles. The molecule has 20 heavy (non-hydrogen) atoms. The lowest BCUT2D eigenvalue weighted by molar-refractivity contribution is 0.0940. The number of nitrogens with one attached hydrogen (secondary N) is 1. The van der Waals surface area contributed by atoms with Crippen molar-refractivity contribution in [2.75, 3.05) is 20.3 Å². The van der Waals surface area contributed by atoms with E-state index in [0.717, 1.165) is 6.42 Å². The molecule has 0 aromatic heterocycles. The van der Waals surface area contributed by atoms with E-state index in [4.69, 9.17) is 15.2 Å². The third-order valence-corrected chi connectivity index (χ3v) is 3.26. The minimum absolute atomic E-state index is 0.0803. The first kappa shape index (κ1) is 16.8. The highest BCUT2D eigenvalue weighted by Crippen LogP contribution is 2.36. The van der Waals surface area contributed by atoms with E-state index < -0.39 is 0 Å². The number of hydrogen-bond donors (Lipinski definition) is 2. The molecule has 1 aromatic carbocycles. The Morgan fingerprint density at radius 2 is 2.20 bits per heavy atom. The Hall–Kier alpha value is -1.27. The number of rotatable bonds is 7. The quantitative estimate of drug-likeness (QED) is 0.796. The summed E-state index contributed by atoms with van der Waals surface area (Å²) in [4.78, 5) is 12.1. The molecule has 1 rings (SSSR count). The molecular formula is C14H21BrN2O3. The summed E-state index contributed by atoms with van der Waals surface area (Å²) in [5.74, 6) is 0.945. The second-order valence-corrected chi connectivity index (χ2v) is 5.30. The Balaban J connectivity index is 3.00. The SMILES string of the molecule is CCCOc1c(Br)cc(C(=O)N[C@@H](C)CN)cc1OC. The van der Waals surface area contributed by atoms with Gasteiger partial charge in [0.15, 0.2) is 11.5 Å². The van der Waals surface area contributed by atoms with Crippen molar-refractivity contribution in [2.45, 2.75) is 26.3 Å². The monoisotopic (exact) mass is 344 g/mol. The third-order valence-electron chi connectivity index (χ3n) is 2.67. The smallest absolute Gasteiger partial charge is 0.251 e. The van der Waals surface area contributed by atoms with Crippen molar-refractivity contribution in [3.8, 4) is 11.5 Å². The van der Waals surface area contributed by atoms with Gasteiger partial charge in [-0.15, -0.1) is 0 Å². The number of carbonyl (C=O) groups excluding carboxylic acids is 1. The Morgan fingerprint density at radius 3 is 2.75 bits per heavy atom. The molecule has 0 radical (unpaired) electrons. The van der Waals surface area contributed by atoms with Crippen molar-refractivity contribution in [1.29, 1.82) is 0 Å². The normalized spacial score (nSPS) is 11.8.